The van der Waals surface area contributed by atoms with Gasteiger partial charge in [0.05, 0.1) is 10.7 Å². The van der Waals surface area contributed by atoms with Gasteiger partial charge in [0, 0.05) is 23.0 Å². The molecular formula is C26H18Cl2FN3O5. The topological polar surface area (TPSA) is 97.0 Å². The van der Waals surface area contributed by atoms with E-state index in [0.29, 0.717) is 47.2 Å². The van der Waals surface area contributed by atoms with Crippen LogP contribution in [0.3, 0.4) is 0 Å². The number of rotatable bonds is 5. The summed E-state index contributed by atoms with van der Waals surface area (Å²) in [7, 11) is 0. The maximum atomic E-state index is 13.6. The molecule has 8 nitrogen and oxygen atoms in total. The van der Waals surface area contributed by atoms with E-state index in [2.05, 4.69) is 10.6 Å². The second kappa shape index (κ2) is 9.76. The van der Waals surface area contributed by atoms with E-state index in [0.717, 1.165) is 17.0 Å². The molecule has 0 atom stereocenters. The molecule has 3 amide bonds. The predicted octanol–water partition coefficient (Wildman–Crippen LogP) is 5.25. The van der Waals surface area contributed by atoms with Crippen LogP contribution in [0.1, 0.15) is 15.9 Å². The predicted molar refractivity (Wildman–Crippen MR) is 137 cm³/mol. The number of aryl methyl sites for hydroxylation is 1. The summed E-state index contributed by atoms with van der Waals surface area (Å²) in [5.74, 6) is -1.50. The maximum Gasteiger partial charge on any atom is 0.283 e. The van der Waals surface area contributed by atoms with Crippen LogP contribution in [0.25, 0.3) is 0 Å². The fourth-order valence-electron chi connectivity index (χ4n) is 3.83. The third-order valence-electron chi connectivity index (χ3n) is 5.75. The highest BCUT2D eigenvalue weighted by molar-refractivity contribution is 6.53. The van der Waals surface area contributed by atoms with Crippen LogP contribution >= 0.6 is 23.2 Å². The highest BCUT2D eigenvalue weighted by atomic mass is 35.5. The maximum absolute atomic E-state index is 13.6. The molecule has 2 aliphatic rings. The number of imide groups is 1. The first-order valence-electron chi connectivity index (χ1n) is 11.0. The van der Waals surface area contributed by atoms with Crippen LogP contribution in [-0.4, -0.2) is 30.9 Å². The minimum absolute atomic E-state index is 0.0700. The number of fused-ring (bicyclic) bond motifs is 1. The van der Waals surface area contributed by atoms with E-state index in [1.54, 1.807) is 37.3 Å². The van der Waals surface area contributed by atoms with Gasteiger partial charge in [-0.1, -0.05) is 29.3 Å². The molecule has 0 spiro atoms. The van der Waals surface area contributed by atoms with E-state index in [1.807, 2.05) is 0 Å². The average molecular weight is 542 g/mol. The summed E-state index contributed by atoms with van der Waals surface area (Å²) in [6, 6.07) is 13.4. The Morgan fingerprint density at radius 2 is 1.70 bits per heavy atom. The second-order valence-corrected chi connectivity index (χ2v) is 8.99. The van der Waals surface area contributed by atoms with Crippen LogP contribution in [0.5, 0.6) is 11.5 Å². The van der Waals surface area contributed by atoms with Gasteiger partial charge in [0.2, 0.25) is 0 Å². The fraction of sp³-hybridized carbons (Fsp3) is 0.115. The summed E-state index contributed by atoms with van der Waals surface area (Å²) in [6.07, 6.45) is 0. The molecule has 5 rings (SSSR count). The number of carbonyl (C=O) groups is 3. The lowest BCUT2D eigenvalue weighted by molar-refractivity contribution is -0.120. The Morgan fingerprint density at radius 1 is 0.946 bits per heavy atom. The Hall–Kier alpha value is -4.08. The normalized spacial score (nSPS) is 14.8. The fourth-order valence-corrected chi connectivity index (χ4v) is 4.21. The van der Waals surface area contributed by atoms with Gasteiger partial charge in [-0.3, -0.25) is 14.4 Å². The van der Waals surface area contributed by atoms with Gasteiger partial charge in [-0.2, -0.15) is 0 Å². The van der Waals surface area contributed by atoms with Gasteiger partial charge in [0.15, 0.2) is 11.5 Å². The molecule has 188 valence electrons. The molecule has 0 unspecified atom stereocenters. The van der Waals surface area contributed by atoms with Gasteiger partial charge in [-0.15, -0.1) is 0 Å². The van der Waals surface area contributed by atoms with E-state index in [4.69, 9.17) is 32.7 Å². The first-order valence-corrected chi connectivity index (χ1v) is 11.8. The third kappa shape index (κ3) is 4.71. The SMILES string of the molecule is Cc1ccc(C(=O)Nc2ccc3c(c2)OCCO3)cc1NC1=C(Cl)C(=O)N(c2ccc(F)c(Cl)c2)C1=O. The molecule has 3 aromatic rings. The molecule has 11 heteroatoms. The van der Waals surface area contributed by atoms with E-state index < -0.39 is 23.5 Å². The van der Waals surface area contributed by atoms with Crippen LogP contribution in [-0.2, 0) is 9.59 Å². The zero-order valence-corrected chi connectivity index (χ0v) is 20.7. The highest BCUT2D eigenvalue weighted by Crippen LogP contribution is 2.34. The molecule has 0 fully saturated rings. The third-order valence-corrected chi connectivity index (χ3v) is 6.39. The lowest BCUT2D eigenvalue weighted by Gasteiger charge is -2.19. The van der Waals surface area contributed by atoms with Crippen molar-refractivity contribution in [3.05, 3.63) is 87.3 Å². The number of hydrogen-bond acceptors (Lipinski definition) is 6. The largest absolute Gasteiger partial charge is 0.486 e. The summed E-state index contributed by atoms with van der Waals surface area (Å²) in [5, 5.41) is 5.08. The number of anilines is 3. The summed E-state index contributed by atoms with van der Waals surface area (Å²) < 4.78 is 24.6. The van der Waals surface area contributed by atoms with E-state index >= 15 is 0 Å². The van der Waals surface area contributed by atoms with Crippen molar-refractivity contribution in [1.29, 1.82) is 0 Å². The van der Waals surface area contributed by atoms with Gasteiger partial charge in [-0.25, -0.2) is 9.29 Å². The molecule has 2 aliphatic heterocycles. The van der Waals surface area contributed by atoms with E-state index in [9.17, 15) is 18.8 Å². The Morgan fingerprint density at radius 3 is 2.46 bits per heavy atom. The Bertz CT molecular complexity index is 1510. The van der Waals surface area contributed by atoms with Crippen molar-refractivity contribution in [1.82, 2.24) is 0 Å². The van der Waals surface area contributed by atoms with Crippen molar-refractivity contribution in [2.45, 2.75) is 6.92 Å². The number of carbonyl (C=O) groups excluding carboxylic acids is 3. The minimum atomic E-state index is -0.790. The Balaban J connectivity index is 1.37. The molecule has 2 heterocycles. The van der Waals surface area contributed by atoms with Crippen LogP contribution in [0, 0.1) is 12.7 Å². The van der Waals surface area contributed by atoms with Crippen LogP contribution in [0.2, 0.25) is 5.02 Å². The molecule has 0 bridgehead atoms. The standard InChI is InChI=1S/C26H18Cl2FN3O5/c1-13-2-3-14(24(33)30-15-4-7-20-21(11-15)37-9-8-36-20)10-19(13)31-23-22(28)25(34)32(26(23)35)16-5-6-18(29)17(27)12-16/h2-7,10-12,31H,8-9H2,1H3,(H,30,33). The van der Waals surface area contributed by atoms with Gasteiger partial charge in [0.25, 0.3) is 17.7 Å². The number of halogens is 3. The van der Waals surface area contributed by atoms with Crippen molar-refractivity contribution in [3.8, 4) is 11.5 Å². The Kier molecular flexibility index (Phi) is 6.49. The number of benzene rings is 3. The van der Waals surface area contributed by atoms with E-state index in [-0.39, 0.29) is 21.4 Å². The van der Waals surface area contributed by atoms with Crippen LogP contribution in [0.4, 0.5) is 21.5 Å². The number of nitrogens with one attached hydrogen (secondary N) is 2. The van der Waals surface area contributed by atoms with Crippen molar-refractivity contribution in [2.24, 2.45) is 0 Å². The molecule has 0 radical (unpaired) electrons. The lowest BCUT2D eigenvalue weighted by Crippen LogP contribution is -2.32. The van der Waals surface area contributed by atoms with Crippen molar-refractivity contribution in [3.63, 3.8) is 0 Å². The summed E-state index contributed by atoms with van der Waals surface area (Å²) in [4.78, 5) is 39.5. The molecule has 0 saturated carbocycles. The highest BCUT2D eigenvalue weighted by Gasteiger charge is 2.39. The number of ether oxygens (including phenoxy) is 2. The molecule has 0 saturated heterocycles. The van der Waals surface area contributed by atoms with Crippen molar-refractivity contribution < 1.29 is 28.2 Å². The quantitative estimate of drug-likeness (QED) is 0.428. The first kappa shape index (κ1) is 24.6. The average Bonchev–Trinajstić information content (AvgIpc) is 3.09. The molecule has 37 heavy (non-hydrogen) atoms. The van der Waals surface area contributed by atoms with Crippen molar-refractivity contribution >= 4 is 58.0 Å². The molecular weight excluding hydrogens is 524 g/mol. The number of amides is 3. The first-order chi connectivity index (χ1) is 17.7. The molecule has 2 N–H and O–H groups in total. The molecule has 0 aliphatic carbocycles. The minimum Gasteiger partial charge on any atom is -0.486 e. The molecule has 0 aromatic heterocycles. The number of hydrogen-bond donors (Lipinski definition) is 2. The van der Waals surface area contributed by atoms with Crippen LogP contribution in [0.15, 0.2) is 65.3 Å². The van der Waals surface area contributed by atoms with Crippen LogP contribution < -0.4 is 25.0 Å². The number of nitrogens with zero attached hydrogens (tertiary/aromatic N) is 1. The zero-order chi connectivity index (χ0) is 26.3. The smallest absolute Gasteiger partial charge is 0.283 e. The van der Waals surface area contributed by atoms with Gasteiger partial charge < -0.3 is 20.1 Å². The molecule has 3 aromatic carbocycles. The summed E-state index contributed by atoms with van der Waals surface area (Å²) in [5.41, 5.74) is 1.78. The summed E-state index contributed by atoms with van der Waals surface area (Å²) in [6.45, 7) is 2.64. The monoisotopic (exact) mass is 541 g/mol. The van der Waals surface area contributed by atoms with E-state index in [1.165, 1.54) is 12.1 Å². The van der Waals surface area contributed by atoms with Gasteiger partial charge in [0.1, 0.15) is 29.8 Å². The second-order valence-electron chi connectivity index (χ2n) is 8.20. The van der Waals surface area contributed by atoms with Crippen molar-refractivity contribution in [2.75, 3.05) is 28.7 Å². The van der Waals surface area contributed by atoms with Gasteiger partial charge >= 0.3 is 0 Å². The summed E-state index contributed by atoms with van der Waals surface area (Å²) >= 11 is 12.0. The Labute approximate surface area is 220 Å². The van der Waals surface area contributed by atoms with Gasteiger partial charge in [-0.05, 0) is 55.0 Å². The lowest BCUT2D eigenvalue weighted by atomic mass is 10.1. The zero-order valence-electron chi connectivity index (χ0n) is 19.2.